The van der Waals surface area contributed by atoms with Crippen LogP contribution in [0.25, 0.3) is 0 Å². The minimum absolute atomic E-state index is 0.100. The SMILES string of the molecule is COC(=O)c1c(C)[nH]c(C(=O)OCC(=O)NC(C)c2ccc(Cl)c(Cl)c2)c1C. The molecule has 1 heterocycles. The van der Waals surface area contributed by atoms with Crippen LogP contribution >= 0.6 is 23.2 Å². The highest BCUT2D eigenvalue weighted by Gasteiger charge is 2.24. The molecule has 0 radical (unpaired) electrons. The maximum atomic E-state index is 12.3. The molecule has 0 fully saturated rings. The molecule has 2 N–H and O–H groups in total. The molecule has 0 aliphatic heterocycles. The lowest BCUT2D eigenvalue weighted by Gasteiger charge is -2.15. The van der Waals surface area contributed by atoms with Crippen LogP contribution in [0.15, 0.2) is 18.2 Å². The van der Waals surface area contributed by atoms with Crippen molar-refractivity contribution < 1.29 is 23.9 Å². The Balaban J connectivity index is 1.98. The van der Waals surface area contributed by atoms with Crippen molar-refractivity contribution in [2.24, 2.45) is 0 Å². The number of nitrogens with one attached hydrogen (secondary N) is 2. The average Bonchev–Trinajstić information content (AvgIpc) is 2.95. The maximum Gasteiger partial charge on any atom is 0.355 e. The van der Waals surface area contributed by atoms with Crippen molar-refractivity contribution in [2.75, 3.05) is 13.7 Å². The first-order valence-corrected chi connectivity index (χ1v) is 9.10. The lowest BCUT2D eigenvalue weighted by atomic mass is 10.1. The van der Waals surface area contributed by atoms with E-state index in [2.05, 4.69) is 10.3 Å². The number of carbonyl (C=O) groups is 3. The number of ether oxygens (including phenoxy) is 2. The molecule has 1 atom stereocenters. The number of aromatic nitrogens is 1. The molecule has 7 nitrogen and oxygen atoms in total. The quantitative estimate of drug-likeness (QED) is 0.685. The second-order valence-electron chi connectivity index (χ2n) is 6.16. The molecule has 0 saturated heterocycles. The Morgan fingerprint density at radius 2 is 1.82 bits per heavy atom. The van der Waals surface area contributed by atoms with Crippen molar-refractivity contribution >= 4 is 41.0 Å². The summed E-state index contributed by atoms with van der Waals surface area (Å²) in [6.45, 7) is 4.52. The van der Waals surface area contributed by atoms with Crippen LogP contribution in [0, 0.1) is 13.8 Å². The van der Waals surface area contributed by atoms with Crippen LogP contribution in [-0.2, 0) is 14.3 Å². The predicted octanol–water partition coefficient (Wildman–Crippen LogP) is 3.76. The van der Waals surface area contributed by atoms with Gasteiger partial charge in [-0.2, -0.15) is 0 Å². The summed E-state index contributed by atoms with van der Waals surface area (Å²) in [4.78, 5) is 38.9. The van der Waals surface area contributed by atoms with Crippen molar-refractivity contribution in [1.29, 1.82) is 0 Å². The first kappa shape index (κ1) is 21.8. The molecular weight excluding hydrogens is 407 g/mol. The molecule has 0 bridgehead atoms. The number of carbonyl (C=O) groups excluding carboxylic acids is 3. The zero-order valence-electron chi connectivity index (χ0n) is 15.8. The van der Waals surface area contributed by atoms with E-state index in [4.69, 9.17) is 32.7 Å². The Hall–Kier alpha value is -2.51. The average molecular weight is 427 g/mol. The number of esters is 2. The Morgan fingerprint density at radius 1 is 1.14 bits per heavy atom. The van der Waals surface area contributed by atoms with E-state index in [0.29, 0.717) is 21.3 Å². The zero-order chi connectivity index (χ0) is 21.0. The highest BCUT2D eigenvalue weighted by atomic mass is 35.5. The van der Waals surface area contributed by atoms with E-state index >= 15 is 0 Å². The summed E-state index contributed by atoms with van der Waals surface area (Å²) in [6.07, 6.45) is 0. The molecular formula is C19H20Cl2N2O5. The van der Waals surface area contributed by atoms with Gasteiger partial charge in [-0.3, -0.25) is 4.79 Å². The third-order valence-corrected chi connectivity index (χ3v) is 4.93. The third-order valence-electron chi connectivity index (χ3n) is 4.19. The predicted molar refractivity (Wildman–Crippen MR) is 105 cm³/mol. The molecule has 1 aromatic heterocycles. The summed E-state index contributed by atoms with van der Waals surface area (Å²) < 4.78 is 9.75. The van der Waals surface area contributed by atoms with Crippen LogP contribution < -0.4 is 5.32 Å². The zero-order valence-corrected chi connectivity index (χ0v) is 17.3. The van der Waals surface area contributed by atoms with Crippen LogP contribution in [-0.4, -0.2) is 36.5 Å². The van der Waals surface area contributed by atoms with E-state index in [0.717, 1.165) is 5.56 Å². The van der Waals surface area contributed by atoms with E-state index < -0.39 is 24.5 Å². The van der Waals surface area contributed by atoms with E-state index in [-0.39, 0.29) is 17.3 Å². The molecule has 0 spiro atoms. The number of H-pyrrole nitrogens is 1. The van der Waals surface area contributed by atoms with Gasteiger partial charge in [0.2, 0.25) is 0 Å². The molecule has 1 unspecified atom stereocenters. The number of rotatable bonds is 6. The summed E-state index contributed by atoms with van der Waals surface area (Å²) >= 11 is 11.9. The summed E-state index contributed by atoms with van der Waals surface area (Å²) in [5.41, 5.74) is 2.01. The van der Waals surface area contributed by atoms with Gasteiger partial charge < -0.3 is 19.8 Å². The second-order valence-corrected chi connectivity index (χ2v) is 6.97. The molecule has 0 saturated carbocycles. The van der Waals surface area contributed by atoms with Crippen molar-refractivity contribution in [3.63, 3.8) is 0 Å². The molecule has 150 valence electrons. The van der Waals surface area contributed by atoms with E-state index in [1.165, 1.54) is 7.11 Å². The van der Waals surface area contributed by atoms with Gasteiger partial charge in [0.1, 0.15) is 5.69 Å². The van der Waals surface area contributed by atoms with Crippen molar-refractivity contribution in [2.45, 2.75) is 26.8 Å². The second kappa shape index (κ2) is 9.12. The fourth-order valence-electron chi connectivity index (χ4n) is 2.71. The minimum Gasteiger partial charge on any atom is -0.465 e. The first-order chi connectivity index (χ1) is 13.1. The maximum absolute atomic E-state index is 12.3. The monoisotopic (exact) mass is 426 g/mol. The molecule has 1 aromatic carbocycles. The number of halogens is 2. The summed E-state index contributed by atoms with van der Waals surface area (Å²) in [5, 5.41) is 3.50. The standard InChI is InChI=1S/C19H20Cl2N2O5/c1-9-16(18(25)27-4)11(3)23-17(9)19(26)28-8-15(24)22-10(2)12-5-6-13(20)14(21)7-12/h5-7,10,23H,8H2,1-4H3,(H,22,24). The summed E-state index contributed by atoms with van der Waals surface area (Å²) in [7, 11) is 1.26. The van der Waals surface area contributed by atoms with E-state index in [1.807, 2.05) is 0 Å². The molecule has 0 aliphatic rings. The number of hydrogen-bond acceptors (Lipinski definition) is 5. The third kappa shape index (κ3) is 4.85. The lowest BCUT2D eigenvalue weighted by molar-refractivity contribution is -0.124. The Bertz CT molecular complexity index is 923. The largest absolute Gasteiger partial charge is 0.465 e. The summed E-state index contributed by atoms with van der Waals surface area (Å²) in [5.74, 6) is -1.78. The van der Waals surface area contributed by atoms with Crippen LogP contribution in [0.4, 0.5) is 0 Å². The normalized spacial score (nSPS) is 11.6. The van der Waals surface area contributed by atoms with E-state index in [9.17, 15) is 14.4 Å². The fourth-order valence-corrected chi connectivity index (χ4v) is 3.02. The molecule has 9 heteroatoms. The smallest absolute Gasteiger partial charge is 0.355 e. The van der Waals surface area contributed by atoms with Crippen LogP contribution in [0.5, 0.6) is 0 Å². The topological polar surface area (TPSA) is 97.5 Å². The minimum atomic E-state index is -0.743. The van der Waals surface area contributed by atoms with Gasteiger partial charge in [0.25, 0.3) is 5.91 Å². The van der Waals surface area contributed by atoms with Gasteiger partial charge in [-0.15, -0.1) is 0 Å². The molecule has 28 heavy (non-hydrogen) atoms. The molecule has 2 aromatic rings. The first-order valence-electron chi connectivity index (χ1n) is 8.34. The van der Waals surface area contributed by atoms with Gasteiger partial charge in [-0.1, -0.05) is 29.3 Å². The van der Waals surface area contributed by atoms with E-state index in [1.54, 1.807) is 39.0 Å². The molecule has 1 amide bonds. The number of hydrogen-bond donors (Lipinski definition) is 2. The van der Waals surface area contributed by atoms with Crippen LogP contribution in [0.2, 0.25) is 10.0 Å². The molecule has 2 rings (SSSR count). The van der Waals surface area contributed by atoms with Crippen molar-refractivity contribution in [1.82, 2.24) is 10.3 Å². The number of aryl methyl sites for hydroxylation is 1. The number of benzene rings is 1. The van der Waals surface area contributed by atoms with Crippen molar-refractivity contribution in [3.8, 4) is 0 Å². The highest BCUT2D eigenvalue weighted by molar-refractivity contribution is 6.42. The van der Waals surface area contributed by atoms with Gasteiger partial charge in [0.15, 0.2) is 6.61 Å². The molecule has 0 aliphatic carbocycles. The van der Waals surface area contributed by atoms with Gasteiger partial charge in [-0.25, -0.2) is 9.59 Å². The Morgan fingerprint density at radius 3 is 2.43 bits per heavy atom. The number of amides is 1. The van der Waals surface area contributed by atoms with Crippen LogP contribution in [0.3, 0.4) is 0 Å². The highest BCUT2D eigenvalue weighted by Crippen LogP contribution is 2.25. The Labute approximate surface area is 172 Å². The lowest BCUT2D eigenvalue weighted by Crippen LogP contribution is -2.31. The van der Waals surface area contributed by atoms with Gasteiger partial charge >= 0.3 is 11.9 Å². The number of methoxy groups -OCH3 is 1. The van der Waals surface area contributed by atoms with Crippen molar-refractivity contribution in [3.05, 3.63) is 56.3 Å². The summed E-state index contributed by atoms with van der Waals surface area (Å²) in [6, 6.07) is 4.67. The Kier molecular flexibility index (Phi) is 7.10. The van der Waals surface area contributed by atoms with Gasteiger partial charge in [0.05, 0.1) is 28.8 Å². The number of aromatic amines is 1. The van der Waals surface area contributed by atoms with Gasteiger partial charge in [0, 0.05) is 5.69 Å². The van der Waals surface area contributed by atoms with Gasteiger partial charge in [-0.05, 0) is 44.0 Å². The van der Waals surface area contributed by atoms with Crippen LogP contribution in [0.1, 0.15) is 50.6 Å². The fraction of sp³-hybridized carbons (Fsp3) is 0.316.